The van der Waals surface area contributed by atoms with Gasteiger partial charge in [-0.2, -0.15) is 5.10 Å². The van der Waals surface area contributed by atoms with Crippen LogP contribution in [0, 0.1) is 36.8 Å². The van der Waals surface area contributed by atoms with E-state index in [1.165, 1.54) is 0 Å². The van der Waals surface area contributed by atoms with Crippen molar-refractivity contribution in [2.24, 2.45) is 5.92 Å². The van der Waals surface area contributed by atoms with Crippen LogP contribution < -0.4 is 5.32 Å². The van der Waals surface area contributed by atoms with Crippen LogP contribution in [0.5, 0.6) is 0 Å². The van der Waals surface area contributed by atoms with Crippen LogP contribution in [0.4, 0.5) is 11.5 Å². The first-order valence-electron chi connectivity index (χ1n) is 9.00. The molecule has 0 aromatic carbocycles. The zero-order valence-electron chi connectivity index (χ0n) is 15.8. The van der Waals surface area contributed by atoms with Gasteiger partial charge in [0.05, 0.1) is 17.5 Å². The number of hydrogen-bond donors (Lipinski definition) is 1. The number of nitro groups is 1. The lowest BCUT2D eigenvalue weighted by Crippen LogP contribution is -2.41. The average Bonchev–Trinajstić information content (AvgIpc) is 2.88. The number of carbonyl (C=O) groups is 1. The van der Waals surface area contributed by atoms with Crippen molar-refractivity contribution in [3.8, 4) is 0 Å². The van der Waals surface area contributed by atoms with Gasteiger partial charge in [-0.3, -0.25) is 19.8 Å². The van der Waals surface area contributed by atoms with Gasteiger partial charge in [-0.15, -0.1) is 0 Å². The fourth-order valence-electron chi connectivity index (χ4n) is 3.52. The fourth-order valence-corrected chi connectivity index (χ4v) is 3.52. The summed E-state index contributed by atoms with van der Waals surface area (Å²) >= 11 is 0. The molecule has 1 aliphatic rings. The average molecular weight is 372 g/mol. The van der Waals surface area contributed by atoms with Gasteiger partial charge in [-0.05, 0) is 52.3 Å². The molecule has 27 heavy (non-hydrogen) atoms. The highest BCUT2D eigenvalue weighted by molar-refractivity contribution is 5.91. The van der Waals surface area contributed by atoms with E-state index in [-0.39, 0.29) is 17.5 Å². The van der Waals surface area contributed by atoms with Crippen molar-refractivity contribution < 1.29 is 9.72 Å². The highest BCUT2D eigenvalue weighted by Gasteiger charge is 2.28. The van der Waals surface area contributed by atoms with Gasteiger partial charge < -0.3 is 5.32 Å². The van der Waals surface area contributed by atoms with Crippen molar-refractivity contribution in [2.75, 3.05) is 18.4 Å². The topological polar surface area (TPSA) is 106 Å². The number of aryl methyl sites for hydroxylation is 2. The zero-order valence-corrected chi connectivity index (χ0v) is 15.8. The second-order valence-corrected chi connectivity index (χ2v) is 6.99. The first-order valence-corrected chi connectivity index (χ1v) is 9.00. The quantitative estimate of drug-likeness (QED) is 0.638. The molecule has 0 unspecified atom stereocenters. The molecule has 0 saturated carbocycles. The third-order valence-corrected chi connectivity index (χ3v) is 4.88. The molecule has 1 fully saturated rings. The number of pyridine rings is 1. The summed E-state index contributed by atoms with van der Waals surface area (Å²) in [6.45, 7) is 7.08. The molecule has 1 amide bonds. The molecule has 0 spiro atoms. The first-order chi connectivity index (χ1) is 12.8. The Morgan fingerprint density at radius 1 is 1.37 bits per heavy atom. The van der Waals surface area contributed by atoms with Gasteiger partial charge in [-0.1, -0.05) is 6.07 Å². The van der Waals surface area contributed by atoms with Crippen molar-refractivity contribution in [2.45, 2.75) is 40.3 Å². The summed E-state index contributed by atoms with van der Waals surface area (Å²) in [5, 5.41) is 18.4. The molecule has 1 atom stereocenters. The predicted molar refractivity (Wildman–Crippen MR) is 100 cm³/mol. The van der Waals surface area contributed by atoms with Crippen LogP contribution >= 0.6 is 0 Å². The molecule has 0 radical (unpaired) electrons. The Balaban J connectivity index is 1.65. The third kappa shape index (κ3) is 4.30. The van der Waals surface area contributed by atoms with Gasteiger partial charge in [0.2, 0.25) is 5.91 Å². The zero-order chi connectivity index (χ0) is 19.6. The molecular weight excluding hydrogens is 348 g/mol. The molecule has 1 saturated heterocycles. The van der Waals surface area contributed by atoms with Gasteiger partial charge in [0, 0.05) is 12.2 Å². The number of rotatable bonds is 5. The van der Waals surface area contributed by atoms with E-state index in [2.05, 4.69) is 20.3 Å². The van der Waals surface area contributed by atoms with E-state index in [4.69, 9.17) is 0 Å². The molecule has 144 valence electrons. The maximum Gasteiger partial charge on any atom is 0.312 e. The van der Waals surface area contributed by atoms with E-state index in [1.54, 1.807) is 24.6 Å². The highest BCUT2D eigenvalue weighted by atomic mass is 16.6. The van der Waals surface area contributed by atoms with E-state index in [9.17, 15) is 14.9 Å². The van der Waals surface area contributed by atoms with Crippen molar-refractivity contribution in [1.29, 1.82) is 0 Å². The van der Waals surface area contributed by atoms with Crippen LogP contribution in [0.15, 0.2) is 18.2 Å². The van der Waals surface area contributed by atoms with Crippen LogP contribution in [0.25, 0.3) is 0 Å². The molecule has 0 aliphatic carbocycles. The number of amides is 1. The Morgan fingerprint density at radius 2 is 2.15 bits per heavy atom. The summed E-state index contributed by atoms with van der Waals surface area (Å²) in [7, 11) is 0. The Morgan fingerprint density at radius 3 is 2.81 bits per heavy atom. The molecule has 2 aromatic rings. The minimum Gasteiger partial charge on any atom is -0.310 e. The summed E-state index contributed by atoms with van der Waals surface area (Å²) in [6.07, 6.45) is 1.70. The molecule has 2 aromatic heterocycles. The number of hydrogen-bond acceptors (Lipinski definition) is 6. The monoisotopic (exact) mass is 372 g/mol. The summed E-state index contributed by atoms with van der Waals surface area (Å²) in [5.74, 6) is 0.372. The molecule has 3 rings (SSSR count). The first kappa shape index (κ1) is 19.0. The van der Waals surface area contributed by atoms with Crippen LogP contribution in [0.2, 0.25) is 0 Å². The molecule has 1 aliphatic heterocycles. The van der Waals surface area contributed by atoms with Gasteiger partial charge in [0.1, 0.15) is 17.2 Å². The van der Waals surface area contributed by atoms with Crippen molar-refractivity contribution in [3.05, 3.63) is 45.4 Å². The Bertz CT molecular complexity index is 863. The number of carbonyl (C=O) groups excluding carboxylic acids is 1. The Kier molecular flexibility index (Phi) is 5.50. The largest absolute Gasteiger partial charge is 0.312 e. The molecule has 0 bridgehead atoms. The number of nitrogens with one attached hydrogen (secondary N) is 1. The predicted octanol–water partition coefficient (Wildman–Crippen LogP) is 2.42. The lowest BCUT2D eigenvalue weighted by atomic mass is 9.97. The van der Waals surface area contributed by atoms with Gasteiger partial charge >= 0.3 is 5.69 Å². The van der Waals surface area contributed by atoms with Crippen molar-refractivity contribution in [1.82, 2.24) is 19.7 Å². The van der Waals surface area contributed by atoms with Crippen LogP contribution in [-0.4, -0.2) is 43.6 Å². The minimum atomic E-state index is -0.393. The van der Waals surface area contributed by atoms with Crippen molar-refractivity contribution in [3.63, 3.8) is 0 Å². The summed E-state index contributed by atoms with van der Waals surface area (Å²) in [5.41, 5.74) is 1.86. The third-order valence-electron chi connectivity index (χ3n) is 4.88. The van der Waals surface area contributed by atoms with E-state index >= 15 is 0 Å². The Labute approximate surface area is 157 Å². The van der Waals surface area contributed by atoms with E-state index in [0.29, 0.717) is 30.4 Å². The minimum absolute atomic E-state index is 0.0443. The van der Waals surface area contributed by atoms with Crippen LogP contribution in [-0.2, 0) is 11.5 Å². The lowest BCUT2D eigenvalue weighted by molar-refractivity contribution is -0.386. The number of aromatic nitrogens is 3. The standard InChI is InChI=1S/C18H24N6O3/c1-12-6-4-8-16(19-12)20-18(25)15-7-5-9-22(10-15)11-23-14(3)17(24(26)27)13(2)21-23/h4,6,8,15H,5,7,9-11H2,1-3H3,(H,19,20,25)/t15-/m1/s1. The summed E-state index contributed by atoms with van der Waals surface area (Å²) in [6, 6.07) is 5.52. The van der Waals surface area contributed by atoms with Gasteiger partial charge in [-0.25, -0.2) is 9.67 Å². The number of nitrogens with zero attached hydrogens (tertiary/aromatic N) is 5. The van der Waals surface area contributed by atoms with E-state index < -0.39 is 4.92 Å². The van der Waals surface area contributed by atoms with Gasteiger partial charge in [0.15, 0.2) is 0 Å². The number of likely N-dealkylation sites (tertiary alicyclic amines) is 1. The number of anilines is 1. The second-order valence-electron chi connectivity index (χ2n) is 6.99. The van der Waals surface area contributed by atoms with Crippen LogP contribution in [0.1, 0.15) is 29.9 Å². The molecule has 9 heteroatoms. The smallest absolute Gasteiger partial charge is 0.310 e. The van der Waals surface area contributed by atoms with E-state index in [0.717, 1.165) is 25.1 Å². The molecular formula is C18H24N6O3. The summed E-state index contributed by atoms with van der Waals surface area (Å²) < 4.78 is 1.65. The Hall–Kier alpha value is -2.81. The lowest BCUT2D eigenvalue weighted by Gasteiger charge is -2.31. The fraction of sp³-hybridized carbons (Fsp3) is 0.500. The second kappa shape index (κ2) is 7.83. The maximum atomic E-state index is 12.6. The maximum absolute atomic E-state index is 12.6. The molecule has 1 N–H and O–H groups in total. The molecule has 9 nitrogen and oxygen atoms in total. The number of piperidine rings is 1. The van der Waals surface area contributed by atoms with E-state index in [1.807, 2.05) is 19.1 Å². The highest BCUT2D eigenvalue weighted by Crippen LogP contribution is 2.24. The normalized spacial score (nSPS) is 17.7. The van der Waals surface area contributed by atoms with Crippen LogP contribution in [0.3, 0.4) is 0 Å². The van der Waals surface area contributed by atoms with Crippen molar-refractivity contribution >= 4 is 17.4 Å². The summed E-state index contributed by atoms with van der Waals surface area (Å²) in [4.78, 5) is 29.8. The van der Waals surface area contributed by atoms with Gasteiger partial charge in [0.25, 0.3) is 0 Å². The SMILES string of the molecule is Cc1cccc(NC(=O)[C@@H]2CCCN(Cn3nc(C)c([N+](=O)[O-])c3C)C2)n1. The molecule has 3 heterocycles.